The molecule has 1 aliphatic carbocycles. The SMILES string of the molecule is C=CCC(CCCC)NC1=CC(=O)C(NC(CC=C)CCCC)=CC1=O. The lowest BCUT2D eigenvalue weighted by Gasteiger charge is -2.24. The van der Waals surface area contributed by atoms with Crippen molar-refractivity contribution in [2.75, 3.05) is 0 Å². The van der Waals surface area contributed by atoms with Crippen molar-refractivity contribution >= 4 is 11.6 Å². The summed E-state index contributed by atoms with van der Waals surface area (Å²) in [7, 11) is 0. The van der Waals surface area contributed by atoms with Gasteiger partial charge < -0.3 is 10.6 Å². The van der Waals surface area contributed by atoms with E-state index in [4.69, 9.17) is 0 Å². The molecule has 0 spiro atoms. The molecule has 2 atom stereocenters. The first-order valence-electron chi connectivity index (χ1n) is 9.82. The third-order valence-electron chi connectivity index (χ3n) is 4.52. The van der Waals surface area contributed by atoms with E-state index in [1.54, 1.807) is 0 Å². The highest BCUT2D eigenvalue weighted by atomic mass is 16.1. The molecule has 2 N–H and O–H groups in total. The van der Waals surface area contributed by atoms with E-state index in [1.165, 1.54) is 12.2 Å². The largest absolute Gasteiger partial charge is 0.379 e. The molecule has 0 heterocycles. The number of carbonyl (C=O) groups excluding carboxylic acids is 2. The van der Waals surface area contributed by atoms with E-state index in [1.807, 2.05) is 12.2 Å². The van der Waals surface area contributed by atoms with Crippen molar-refractivity contribution in [1.82, 2.24) is 10.6 Å². The number of unbranched alkanes of at least 4 members (excludes halogenated alkanes) is 2. The Morgan fingerprint density at radius 3 is 1.54 bits per heavy atom. The molecular weight excluding hydrogens is 324 g/mol. The molecule has 0 aromatic rings. The van der Waals surface area contributed by atoms with Crippen LogP contribution in [0.1, 0.15) is 65.2 Å². The zero-order chi connectivity index (χ0) is 19.4. The summed E-state index contributed by atoms with van der Waals surface area (Å²) in [5.41, 5.74) is 0.773. The third-order valence-corrected chi connectivity index (χ3v) is 4.52. The number of hydrogen-bond acceptors (Lipinski definition) is 4. The van der Waals surface area contributed by atoms with Crippen LogP contribution in [0.25, 0.3) is 0 Å². The van der Waals surface area contributed by atoms with Crippen LogP contribution >= 0.6 is 0 Å². The van der Waals surface area contributed by atoms with Crippen molar-refractivity contribution in [3.8, 4) is 0 Å². The second-order valence-corrected chi connectivity index (χ2v) is 6.86. The Labute approximate surface area is 158 Å². The molecule has 0 fully saturated rings. The molecule has 26 heavy (non-hydrogen) atoms. The molecule has 144 valence electrons. The Bertz CT molecular complexity index is 510. The van der Waals surface area contributed by atoms with Gasteiger partial charge in [-0.15, -0.1) is 13.2 Å². The zero-order valence-corrected chi connectivity index (χ0v) is 16.4. The van der Waals surface area contributed by atoms with Crippen LogP contribution in [0.3, 0.4) is 0 Å². The molecule has 0 radical (unpaired) electrons. The standard InChI is InChI=1S/C22H34N2O2/c1-5-9-13-17(11-7-3)23-19-15-22(26)20(16-21(19)25)24-18(12-8-4)14-10-6-2/h7-8,15-18,23-24H,3-6,9-14H2,1-2H3. The summed E-state index contributed by atoms with van der Waals surface area (Å²) >= 11 is 0. The van der Waals surface area contributed by atoms with Gasteiger partial charge >= 0.3 is 0 Å². The van der Waals surface area contributed by atoms with E-state index in [9.17, 15) is 9.59 Å². The first-order chi connectivity index (χ1) is 12.5. The molecule has 0 aliphatic heterocycles. The van der Waals surface area contributed by atoms with Crippen molar-refractivity contribution in [3.05, 3.63) is 48.9 Å². The summed E-state index contributed by atoms with van der Waals surface area (Å²) in [6.07, 6.45) is 14.3. The van der Waals surface area contributed by atoms with Crippen molar-refractivity contribution in [3.63, 3.8) is 0 Å². The summed E-state index contributed by atoms with van der Waals surface area (Å²) in [6, 6.07) is 0.271. The monoisotopic (exact) mass is 358 g/mol. The average Bonchev–Trinajstić information content (AvgIpc) is 2.62. The normalized spacial score (nSPS) is 16.4. The molecule has 1 aliphatic rings. The van der Waals surface area contributed by atoms with Gasteiger partial charge in [-0.3, -0.25) is 9.59 Å². The lowest BCUT2D eigenvalue weighted by molar-refractivity contribution is -0.115. The number of rotatable bonds is 14. The average molecular weight is 359 g/mol. The quantitative estimate of drug-likeness (QED) is 0.358. The van der Waals surface area contributed by atoms with Crippen LogP contribution in [0.5, 0.6) is 0 Å². The minimum absolute atomic E-state index is 0.136. The van der Waals surface area contributed by atoms with E-state index in [0.717, 1.165) is 51.4 Å². The topological polar surface area (TPSA) is 58.2 Å². The molecule has 0 amide bonds. The Morgan fingerprint density at radius 2 is 1.23 bits per heavy atom. The molecule has 4 nitrogen and oxygen atoms in total. The minimum Gasteiger partial charge on any atom is -0.379 e. The van der Waals surface area contributed by atoms with Crippen LogP contribution < -0.4 is 10.6 Å². The maximum atomic E-state index is 12.5. The van der Waals surface area contributed by atoms with Gasteiger partial charge in [0.1, 0.15) is 0 Å². The highest BCUT2D eigenvalue weighted by Crippen LogP contribution is 2.15. The molecular formula is C22H34N2O2. The van der Waals surface area contributed by atoms with Crippen molar-refractivity contribution in [2.24, 2.45) is 0 Å². The Balaban J connectivity index is 2.75. The lowest BCUT2D eigenvalue weighted by Crippen LogP contribution is -2.37. The number of hydrogen-bond donors (Lipinski definition) is 2. The van der Waals surface area contributed by atoms with Gasteiger partial charge in [-0.1, -0.05) is 51.7 Å². The number of carbonyl (C=O) groups is 2. The fourth-order valence-electron chi connectivity index (χ4n) is 3.03. The summed E-state index contributed by atoms with van der Waals surface area (Å²) in [6.45, 7) is 11.8. The summed E-state index contributed by atoms with van der Waals surface area (Å²) in [4.78, 5) is 24.9. The maximum absolute atomic E-state index is 12.5. The van der Waals surface area contributed by atoms with Crippen LogP contribution in [0, 0.1) is 0 Å². The van der Waals surface area contributed by atoms with Crippen LogP contribution in [-0.2, 0) is 9.59 Å². The van der Waals surface area contributed by atoms with Crippen molar-refractivity contribution in [1.29, 1.82) is 0 Å². The van der Waals surface area contributed by atoms with Crippen molar-refractivity contribution < 1.29 is 9.59 Å². The van der Waals surface area contributed by atoms with Gasteiger partial charge in [-0.2, -0.15) is 0 Å². The summed E-state index contributed by atoms with van der Waals surface area (Å²) in [5, 5.41) is 6.47. The van der Waals surface area contributed by atoms with Crippen LogP contribution in [0.4, 0.5) is 0 Å². The third kappa shape index (κ3) is 7.42. The van der Waals surface area contributed by atoms with Crippen LogP contribution in [-0.4, -0.2) is 23.7 Å². The van der Waals surface area contributed by atoms with Gasteiger partial charge in [0, 0.05) is 24.2 Å². The van der Waals surface area contributed by atoms with Gasteiger partial charge in [0.2, 0.25) is 11.6 Å². The molecule has 0 aromatic heterocycles. The lowest BCUT2D eigenvalue weighted by atomic mass is 10.0. The van der Waals surface area contributed by atoms with Gasteiger partial charge in [0.15, 0.2) is 0 Å². The Hall–Kier alpha value is -2.10. The van der Waals surface area contributed by atoms with Gasteiger partial charge in [0.05, 0.1) is 11.4 Å². The molecule has 4 heteroatoms. The molecule has 0 aromatic carbocycles. The maximum Gasteiger partial charge on any atom is 0.203 e. The fraction of sp³-hybridized carbons (Fsp3) is 0.545. The van der Waals surface area contributed by atoms with E-state index in [-0.39, 0.29) is 23.7 Å². The predicted octanol–water partition coefficient (Wildman–Crippen LogP) is 4.36. The van der Waals surface area contributed by atoms with Gasteiger partial charge in [-0.05, 0) is 25.7 Å². The van der Waals surface area contributed by atoms with E-state index in [2.05, 4.69) is 37.6 Å². The summed E-state index contributed by atoms with van der Waals surface area (Å²) < 4.78 is 0. The molecule has 0 saturated carbocycles. The molecule has 2 unspecified atom stereocenters. The first kappa shape index (κ1) is 21.9. The van der Waals surface area contributed by atoms with E-state index < -0.39 is 0 Å². The van der Waals surface area contributed by atoms with E-state index in [0.29, 0.717) is 11.4 Å². The summed E-state index contributed by atoms with van der Waals surface area (Å²) in [5.74, 6) is -0.295. The van der Waals surface area contributed by atoms with Crippen LogP contribution in [0.15, 0.2) is 48.9 Å². The number of nitrogens with one attached hydrogen (secondary N) is 2. The van der Waals surface area contributed by atoms with E-state index >= 15 is 0 Å². The second-order valence-electron chi connectivity index (χ2n) is 6.86. The second kappa shape index (κ2) is 12.3. The van der Waals surface area contributed by atoms with Gasteiger partial charge in [-0.25, -0.2) is 0 Å². The number of allylic oxidation sites excluding steroid dienone is 2. The Kier molecular flexibility index (Phi) is 10.4. The first-order valence-corrected chi connectivity index (χ1v) is 9.82. The predicted molar refractivity (Wildman–Crippen MR) is 109 cm³/mol. The highest BCUT2D eigenvalue weighted by molar-refractivity contribution is 6.19. The Morgan fingerprint density at radius 1 is 0.846 bits per heavy atom. The molecule has 1 rings (SSSR count). The molecule has 0 saturated heterocycles. The number of ketones is 2. The van der Waals surface area contributed by atoms with Crippen molar-refractivity contribution in [2.45, 2.75) is 77.3 Å². The smallest absolute Gasteiger partial charge is 0.203 e. The highest BCUT2D eigenvalue weighted by Gasteiger charge is 2.23. The fourth-order valence-corrected chi connectivity index (χ4v) is 3.03. The van der Waals surface area contributed by atoms with Crippen LogP contribution in [0.2, 0.25) is 0 Å². The van der Waals surface area contributed by atoms with Gasteiger partial charge in [0.25, 0.3) is 0 Å². The minimum atomic E-state index is -0.148. The molecule has 0 bridgehead atoms. The zero-order valence-electron chi connectivity index (χ0n) is 16.4.